The van der Waals surface area contributed by atoms with Crippen LogP contribution in [0.1, 0.15) is 30.1 Å². The number of likely N-dealkylation sites (tertiary alicyclic amines) is 1. The van der Waals surface area contributed by atoms with Crippen molar-refractivity contribution in [3.63, 3.8) is 0 Å². The summed E-state index contributed by atoms with van der Waals surface area (Å²) in [6, 6.07) is 1.90. The number of furan rings is 1. The topological polar surface area (TPSA) is 53.7 Å². The standard InChI is InChI=1S/C12H16BrNO3/c1-8-2-3-9(6-15)5-14(8)12(16)10-4-11(13)17-7-10/h4,7-9,15H,2-3,5-6H2,1H3. The van der Waals surface area contributed by atoms with Crippen LogP contribution in [-0.2, 0) is 0 Å². The number of nitrogens with zero attached hydrogens (tertiary/aromatic N) is 1. The van der Waals surface area contributed by atoms with E-state index in [0.717, 1.165) is 12.8 Å². The maximum absolute atomic E-state index is 12.2. The molecule has 0 bridgehead atoms. The number of halogens is 1. The normalized spacial score (nSPS) is 25.0. The van der Waals surface area contributed by atoms with Gasteiger partial charge in [0, 0.05) is 25.3 Å². The van der Waals surface area contributed by atoms with Gasteiger partial charge in [0.1, 0.15) is 6.26 Å². The first-order valence-electron chi connectivity index (χ1n) is 5.77. The molecule has 17 heavy (non-hydrogen) atoms. The third-order valence-corrected chi connectivity index (χ3v) is 3.73. The number of hydrogen-bond donors (Lipinski definition) is 1. The first kappa shape index (κ1) is 12.6. The van der Waals surface area contributed by atoms with Crippen molar-refractivity contribution in [2.45, 2.75) is 25.8 Å². The minimum Gasteiger partial charge on any atom is -0.457 e. The van der Waals surface area contributed by atoms with Crippen molar-refractivity contribution in [2.24, 2.45) is 5.92 Å². The Bertz CT molecular complexity index is 404. The number of carbonyl (C=O) groups excluding carboxylic acids is 1. The summed E-state index contributed by atoms with van der Waals surface area (Å²) in [5.74, 6) is 0.176. The molecule has 0 aliphatic carbocycles. The lowest BCUT2D eigenvalue weighted by Gasteiger charge is -2.37. The number of piperidine rings is 1. The Labute approximate surface area is 109 Å². The molecule has 2 unspecified atom stereocenters. The molecule has 1 aliphatic rings. The van der Waals surface area contributed by atoms with E-state index in [0.29, 0.717) is 16.8 Å². The molecule has 2 heterocycles. The number of hydrogen-bond acceptors (Lipinski definition) is 3. The van der Waals surface area contributed by atoms with Gasteiger partial charge in [-0.25, -0.2) is 0 Å². The Morgan fingerprint density at radius 1 is 1.65 bits per heavy atom. The predicted octanol–water partition coefficient (Wildman–Crippen LogP) is 2.28. The third-order valence-electron chi connectivity index (χ3n) is 3.31. The van der Waals surface area contributed by atoms with Crippen LogP contribution in [0.4, 0.5) is 0 Å². The first-order chi connectivity index (χ1) is 8.11. The highest BCUT2D eigenvalue weighted by Gasteiger charge is 2.29. The summed E-state index contributed by atoms with van der Waals surface area (Å²) < 4.78 is 5.64. The van der Waals surface area contributed by atoms with Crippen LogP contribution >= 0.6 is 15.9 Å². The van der Waals surface area contributed by atoms with E-state index in [-0.39, 0.29) is 24.5 Å². The molecule has 1 fully saturated rings. The van der Waals surface area contributed by atoms with E-state index < -0.39 is 0 Å². The fraction of sp³-hybridized carbons (Fsp3) is 0.583. The maximum atomic E-state index is 12.2. The summed E-state index contributed by atoms with van der Waals surface area (Å²) in [7, 11) is 0. The van der Waals surface area contributed by atoms with E-state index in [1.54, 1.807) is 6.07 Å². The monoisotopic (exact) mass is 301 g/mol. The van der Waals surface area contributed by atoms with Crippen LogP contribution in [0.5, 0.6) is 0 Å². The van der Waals surface area contributed by atoms with Gasteiger partial charge in [-0.15, -0.1) is 0 Å². The van der Waals surface area contributed by atoms with E-state index in [4.69, 9.17) is 4.42 Å². The molecule has 2 rings (SSSR count). The third kappa shape index (κ3) is 2.72. The highest BCUT2D eigenvalue weighted by molar-refractivity contribution is 9.10. The maximum Gasteiger partial charge on any atom is 0.257 e. The predicted molar refractivity (Wildman–Crippen MR) is 66.7 cm³/mol. The first-order valence-corrected chi connectivity index (χ1v) is 6.57. The van der Waals surface area contributed by atoms with Crippen LogP contribution in [0.3, 0.4) is 0 Å². The van der Waals surface area contributed by atoms with Crippen LogP contribution in [0.25, 0.3) is 0 Å². The molecule has 4 nitrogen and oxygen atoms in total. The highest BCUT2D eigenvalue weighted by Crippen LogP contribution is 2.24. The van der Waals surface area contributed by atoms with Gasteiger partial charge in [0.25, 0.3) is 5.91 Å². The molecule has 1 N–H and O–H groups in total. The summed E-state index contributed by atoms with van der Waals surface area (Å²) in [4.78, 5) is 14.1. The van der Waals surface area contributed by atoms with Gasteiger partial charge in [-0.2, -0.15) is 0 Å². The second-order valence-corrected chi connectivity index (χ2v) is 5.35. The van der Waals surface area contributed by atoms with Gasteiger partial charge in [0.15, 0.2) is 4.67 Å². The number of rotatable bonds is 2. The van der Waals surface area contributed by atoms with Gasteiger partial charge in [0.2, 0.25) is 0 Å². The van der Waals surface area contributed by atoms with Crippen molar-refractivity contribution < 1.29 is 14.3 Å². The Morgan fingerprint density at radius 2 is 2.41 bits per heavy atom. The molecule has 0 aromatic carbocycles. The van der Waals surface area contributed by atoms with Gasteiger partial charge < -0.3 is 14.4 Å². The van der Waals surface area contributed by atoms with Crippen molar-refractivity contribution in [3.8, 4) is 0 Å². The van der Waals surface area contributed by atoms with Crippen LogP contribution in [0, 0.1) is 5.92 Å². The average Bonchev–Trinajstić information content (AvgIpc) is 2.76. The number of aliphatic hydroxyl groups excluding tert-OH is 1. The van der Waals surface area contributed by atoms with Gasteiger partial charge in [-0.1, -0.05) is 0 Å². The minimum absolute atomic E-state index is 0.0231. The van der Waals surface area contributed by atoms with E-state index in [2.05, 4.69) is 15.9 Å². The molecule has 0 saturated carbocycles. The highest BCUT2D eigenvalue weighted by atomic mass is 79.9. The molecule has 94 valence electrons. The second-order valence-electron chi connectivity index (χ2n) is 4.57. The fourth-order valence-corrected chi connectivity index (χ4v) is 2.54. The molecule has 0 radical (unpaired) electrons. The zero-order valence-electron chi connectivity index (χ0n) is 9.73. The van der Waals surface area contributed by atoms with Crippen molar-refractivity contribution in [2.75, 3.05) is 13.2 Å². The smallest absolute Gasteiger partial charge is 0.257 e. The Hall–Kier alpha value is -0.810. The van der Waals surface area contributed by atoms with Crippen molar-refractivity contribution >= 4 is 21.8 Å². The number of aliphatic hydroxyl groups is 1. The molecule has 0 spiro atoms. The molecular weight excluding hydrogens is 286 g/mol. The van der Waals surface area contributed by atoms with Crippen LogP contribution in [0.15, 0.2) is 21.4 Å². The van der Waals surface area contributed by atoms with Crippen LogP contribution < -0.4 is 0 Å². The average molecular weight is 302 g/mol. The van der Waals surface area contributed by atoms with Gasteiger partial charge in [0.05, 0.1) is 5.56 Å². The Morgan fingerprint density at radius 3 is 3.00 bits per heavy atom. The molecule has 1 aromatic rings. The van der Waals surface area contributed by atoms with Gasteiger partial charge in [-0.05, 0) is 41.6 Å². The van der Waals surface area contributed by atoms with E-state index in [1.807, 2.05) is 11.8 Å². The van der Waals surface area contributed by atoms with Crippen molar-refractivity contribution in [1.29, 1.82) is 0 Å². The number of carbonyl (C=O) groups is 1. The van der Waals surface area contributed by atoms with E-state index in [1.165, 1.54) is 6.26 Å². The Balaban J connectivity index is 2.12. The number of amides is 1. The summed E-state index contributed by atoms with van der Waals surface area (Å²) in [6.07, 6.45) is 3.38. The quantitative estimate of drug-likeness (QED) is 0.912. The molecular formula is C12H16BrNO3. The lowest BCUT2D eigenvalue weighted by molar-refractivity contribution is 0.0488. The van der Waals surface area contributed by atoms with Crippen molar-refractivity contribution in [3.05, 3.63) is 22.6 Å². The molecule has 1 aromatic heterocycles. The second kappa shape index (κ2) is 5.23. The molecule has 5 heteroatoms. The molecule has 2 atom stereocenters. The minimum atomic E-state index is -0.0231. The molecule has 1 amide bonds. The van der Waals surface area contributed by atoms with Gasteiger partial charge in [-0.3, -0.25) is 4.79 Å². The SMILES string of the molecule is CC1CCC(CO)CN1C(=O)c1coc(Br)c1. The van der Waals surface area contributed by atoms with E-state index >= 15 is 0 Å². The lowest BCUT2D eigenvalue weighted by atomic mass is 9.93. The summed E-state index contributed by atoms with van der Waals surface area (Å²) in [5.41, 5.74) is 0.558. The summed E-state index contributed by atoms with van der Waals surface area (Å²) in [5, 5.41) is 9.19. The molecule has 1 aliphatic heterocycles. The van der Waals surface area contributed by atoms with Crippen LogP contribution in [0.2, 0.25) is 0 Å². The largest absolute Gasteiger partial charge is 0.457 e. The van der Waals surface area contributed by atoms with Gasteiger partial charge >= 0.3 is 0 Å². The molecule has 1 saturated heterocycles. The Kier molecular flexibility index (Phi) is 3.89. The summed E-state index contributed by atoms with van der Waals surface area (Å²) in [6.45, 7) is 2.81. The van der Waals surface area contributed by atoms with Crippen LogP contribution in [-0.4, -0.2) is 35.1 Å². The van der Waals surface area contributed by atoms with Crippen molar-refractivity contribution in [1.82, 2.24) is 4.90 Å². The zero-order valence-corrected chi connectivity index (χ0v) is 11.3. The zero-order chi connectivity index (χ0) is 12.4. The summed E-state index contributed by atoms with van der Waals surface area (Å²) >= 11 is 3.19. The lowest BCUT2D eigenvalue weighted by Crippen LogP contribution is -2.46. The van der Waals surface area contributed by atoms with E-state index in [9.17, 15) is 9.90 Å². The fourth-order valence-electron chi connectivity index (χ4n) is 2.20.